The van der Waals surface area contributed by atoms with E-state index >= 15 is 0 Å². The molecule has 1 aliphatic carbocycles. The van der Waals surface area contributed by atoms with Crippen LogP contribution in [0.4, 0.5) is 0 Å². The first-order valence-corrected chi connectivity index (χ1v) is 7.84. The highest BCUT2D eigenvalue weighted by atomic mass is 32.2. The third kappa shape index (κ3) is 3.24. The van der Waals surface area contributed by atoms with E-state index in [1.54, 1.807) is 4.68 Å². The summed E-state index contributed by atoms with van der Waals surface area (Å²) >= 11 is 1.37. The number of hydrogen-bond donors (Lipinski definition) is 1. The van der Waals surface area contributed by atoms with E-state index in [1.807, 2.05) is 38.1 Å². The number of aryl methyl sites for hydroxylation is 1. The van der Waals surface area contributed by atoms with Crippen LogP contribution in [-0.2, 0) is 4.79 Å². The highest BCUT2D eigenvalue weighted by molar-refractivity contribution is 8.00. The van der Waals surface area contributed by atoms with Gasteiger partial charge in [0.2, 0.25) is 11.1 Å². The molecule has 3 rings (SSSR count). The largest absolute Gasteiger partial charge is 0.352 e. The van der Waals surface area contributed by atoms with Crippen LogP contribution in [-0.4, -0.2) is 37.4 Å². The summed E-state index contributed by atoms with van der Waals surface area (Å²) in [6.07, 6.45) is 2.17. The normalized spacial score (nSPS) is 15.7. The molecule has 0 radical (unpaired) electrons. The summed E-state index contributed by atoms with van der Waals surface area (Å²) in [6, 6.07) is 8.26. The molecule has 1 aromatic carbocycles. The number of para-hydroxylation sites is 1. The number of benzene rings is 1. The highest BCUT2D eigenvalue weighted by Crippen LogP contribution is 2.25. The number of tetrazole rings is 1. The fraction of sp³-hybridized carbons (Fsp3) is 0.429. The van der Waals surface area contributed by atoms with Gasteiger partial charge >= 0.3 is 0 Å². The number of carbonyl (C=O) groups is 1. The van der Waals surface area contributed by atoms with E-state index in [0.717, 1.165) is 24.1 Å². The Morgan fingerprint density at radius 2 is 2.19 bits per heavy atom. The Hall–Kier alpha value is -1.89. The van der Waals surface area contributed by atoms with Crippen molar-refractivity contribution in [2.24, 2.45) is 0 Å². The van der Waals surface area contributed by atoms with Crippen molar-refractivity contribution in [2.45, 2.75) is 43.1 Å². The van der Waals surface area contributed by atoms with Gasteiger partial charge in [-0.25, -0.2) is 0 Å². The summed E-state index contributed by atoms with van der Waals surface area (Å²) in [4.78, 5) is 12.0. The summed E-state index contributed by atoms with van der Waals surface area (Å²) in [5.74, 6) is 0.0434. The molecule has 1 aliphatic rings. The lowest BCUT2D eigenvalue weighted by molar-refractivity contribution is -0.120. The smallest absolute Gasteiger partial charge is 0.233 e. The van der Waals surface area contributed by atoms with Gasteiger partial charge in [0.25, 0.3) is 0 Å². The van der Waals surface area contributed by atoms with Crippen molar-refractivity contribution in [3.8, 4) is 5.69 Å². The van der Waals surface area contributed by atoms with Gasteiger partial charge in [0.1, 0.15) is 0 Å². The summed E-state index contributed by atoms with van der Waals surface area (Å²) in [5.41, 5.74) is 2.02. The fourth-order valence-electron chi connectivity index (χ4n) is 1.96. The lowest BCUT2D eigenvalue weighted by atomic mass is 10.2. The van der Waals surface area contributed by atoms with Crippen molar-refractivity contribution in [3.05, 3.63) is 29.8 Å². The van der Waals surface area contributed by atoms with E-state index in [-0.39, 0.29) is 11.2 Å². The third-order valence-electron chi connectivity index (χ3n) is 3.36. The maximum atomic E-state index is 12.0. The molecule has 1 heterocycles. The molecule has 1 aromatic heterocycles. The zero-order valence-corrected chi connectivity index (χ0v) is 12.8. The van der Waals surface area contributed by atoms with Gasteiger partial charge in [-0.3, -0.25) is 4.79 Å². The number of thioether (sulfide) groups is 1. The van der Waals surface area contributed by atoms with Crippen LogP contribution >= 0.6 is 11.8 Å². The molecule has 0 aliphatic heterocycles. The second-order valence-electron chi connectivity index (χ2n) is 5.20. The van der Waals surface area contributed by atoms with Crippen molar-refractivity contribution < 1.29 is 4.79 Å². The Morgan fingerprint density at radius 3 is 2.90 bits per heavy atom. The number of amides is 1. The van der Waals surface area contributed by atoms with E-state index in [2.05, 4.69) is 20.8 Å². The molecule has 1 saturated carbocycles. The average Bonchev–Trinajstić information content (AvgIpc) is 3.17. The summed E-state index contributed by atoms with van der Waals surface area (Å²) in [6.45, 7) is 3.88. The van der Waals surface area contributed by atoms with Crippen LogP contribution in [0.2, 0.25) is 0 Å². The van der Waals surface area contributed by atoms with E-state index in [1.165, 1.54) is 11.8 Å². The predicted molar refractivity (Wildman–Crippen MR) is 80.4 cm³/mol. The first kappa shape index (κ1) is 14.1. The van der Waals surface area contributed by atoms with Gasteiger partial charge in [-0.05, 0) is 48.7 Å². The standard InChI is InChI=1S/C14H17N5OS/c1-9-5-3-4-6-12(9)19-14(16-17-18-19)21-10(2)13(20)15-11-7-8-11/h3-6,10-11H,7-8H2,1-2H3,(H,15,20)/t10-/m1/s1. The Balaban J connectivity index is 1.76. The minimum atomic E-state index is -0.223. The van der Waals surface area contributed by atoms with E-state index in [4.69, 9.17) is 0 Å². The lowest BCUT2D eigenvalue weighted by Gasteiger charge is -2.11. The Kier molecular flexibility index (Phi) is 3.92. The second-order valence-corrected chi connectivity index (χ2v) is 6.51. The van der Waals surface area contributed by atoms with Crippen LogP contribution < -0.4 is 5.32 Å². The van der Waals surface area contributed by atoms with E-state index < -0.39 is 0 Å². The molecular weight excluding hydrogens is 286 g/mol. The Bertz CT molecular complexity index is 652. The predicted octanol–water partition coefficient (Wildman–Crippen LogP) is 1.73. The molecule has 0 bridgehead atoms. The van der Waals surface area contributed by atoms with E-state index in [9.17, 15) is 4.79 Å². The fourth-order valence-corrected chi connectivity index (χ4v) is 2.77. The van der Waals surface area contributed by atoms with Gasteiger partial charge < -0.3 is 5.32 Å². The molecule has 1 N–H and O–H groups in total. The molecule has 1 atom stereocenters. The van der Waals surface area contributed by atoms with Crippen LogP contribution in [0.15, 0.2) is 29.4 Å². The molecule has 2 aromatic rings. The Morgan fingerprint density at radius 1 is 1.43 bits per heavy atom. The number of hydrogen-bond acceptors (Lipinski definition) is 5. The molecule has 0 unspecified atom stereocenters. The van der Waals surface area contributed by atoms with Crippen LogP contribution in [0.3, 0.4) is 0 Å². The van der Waals surface area contributed by atoms with Gasteiger partial charge in [-0.1, -0.05) is 30.0 Å². The van der Waals surface area contributed by atoms with E-state index in [0.29, 0.717) is 11.2 Å². The first-order valence-electron chi connectivity index (χ1n) is 6.96. The minimum Gasteiger partial charge on any atom is -0.352 e. The maximum Gasteiger partial charge on any atom is 0.233 e. The molecule has 0 spiro atoms. The third-order valence-corrected chi connectivity index (χ3v) is 4.39. The first-order chi connectivity index (χ1) is 10.1. The van der Waals surface area contributed by atoms with Crippen LogP contribution in [0.25, 0.3) is 5.69 Å². The van der Waals surface area contributed by atoms with Gasteiger partial charge in [0.15, 0.2) is 0 Å². The highest BCUT2D eigenvalue weighted by Gasteiger charge is 2.27. The Labute approximate surface area is 127 Å². The molecule has 21 heavy (non-hydrogen) atoms. The maximum absolute atomic E-state index is 12.0. The monoisotopic (exact) mass is 303 g/mol. The molecular formula is C14H17N5OS. The molecule has 7 heteroatoms. The van der Waals surface area contributed by atoms with Crippen LogP contribution in [0, 0.1) is 6.92 Å². The number of carbonyl (C=O) groups excluding carboxylic acids is 1. The summed E-state index contributed by atoms with van der Waals surface area (Å²) in [7, 11) is 0. The SMILES string of the molecule is Cc1ccccc1-n1nnnc1S[C@H](C)C(=O)NC1CC1. The second kappa shape index (κ2) is 5.85. The van der Waals surface area contributed by atoms with Crippen LogP contribution in [0.1, 0.15) is 25.3 Å². The molecule has 1 amide bonds. The number of nitrogens with one attached hydrogen (secondary N) is 1. The number of rotatable bonds is 5. The van der Waals surface area contributed by atoms with Gasteiger partial charge in [0.05, 0.1) is 10.9 Å². The van der Waals surface area contributed by atoms with Crippen molar-refractivity contribution in [2.75, 3.05) is 0 Å². The topological polar surface area (TPSA) is 72.7 Å². The molecule has 6 nitrogen and oxygen atoms in total. The van der Waals surface area contributed by atoms with Crippen LogP contribution in [0.5, 0.6) is 0 Å². The minimum absolute atomic E-state index is 0.0434. The van der Waals surface area contributed by atoms with Crippen molar-refractivity contribution in [3.63, 3.8) is 0 Å². The average molecular weight is 303 g/mol. The number of aromatic nitrogens is 4. The van der Waals surface area contributed by atoms with Crippen molar-refractivity contribution >= 4 is 17.7 Å². The number of nitrogens with zero attached hydrogens (tertiary/aromatic N) is 4. The van der Waals surface area contributed by atoms with Gasteiger partial charge in [0, 0.05) is 6.04 Å². The zero-order valence-electron chi connectivity index (χ0n) is 12.0. The zero-order chi connectivity index (χ0) is 14.8. The lowest BCUT2D eigenvalue weighted by Crippen LogP contribution is -2.32. The van der Waals surface area contributed by atoms with Crippen molar-refractivity contribution in [1.82, 2.24) is 25.5 Å². The molecule has 1 fully saturated rings. The van der Waals surface area contributed by atoms with Gasteiger partial charge in [-0.2, -0.15) is 4.68 Å². The summed E-state index contributed by atoms with van der Waals surface area (Å²) < 4.78 is 1.68. The molecule has 110 valence electrons. The van der Waals surface area contributed by atoms with Gasteiger partial charge in [-0.15, -0.1) is 5.10 Å². The van der Waals surface area contributed by atoms with Crippen molar-refractivity contribution in [1.29, 1.82) is 0 Å². The summed E-state index contributed by atoms with van der Waals surface area (Å²) in [5, 5.41) is 15.2. The quantitative estimate of drug-likeness (QED) is 0.852. The molecule has 0 saturated heterocycles.